The van der Waals surface area contributed by atoms with E-state index in [0.717, 1.165) is 20.9 Å². The Morgan fingerprint density at radius 1 is 1.35 bits per heavy atom. The van der Waals surface area contributed by atoms with Crippen molar-refractivity contribution in [2.75, 3.05) is 0 Å². The number of nitrogens with two attached hydrogens (primary N) is 1. The van der Waals surface area contributed by atoms with E-state index in [9.17, 15) is 0 Å². The largest absolute Gasteiger partial charge is 0.348 e. The second kappa shape index (κ2) is 4.23. The van der Waals surface area contributed by atoms with Gasteiger partial charge in [-0.2, -0.15) is 0 Å². The van der Waals surface area contributed by atoms with Gasteiger partial charge in [0.2, 0.25) is 0 Å². The maximum atomic E-state index is 6.13. The average molecular weight is 245 g/mol. The molecule has 0 aliphatic heterocycles. The Balaban J connectivity index is 1.88. The van der Waals surface area contributed by atoms with Crippen LogP contribution < -0.4 is 5.73 Å². The van der Waals surface area contributed by atoms with Crippen LogP contribution in [0.1, 0.15) is 16.7 Å². The van der Waals surface area contributed by atoms with Crippen molar-refractivity contribution in [3.63, 3.8) is 0 Å². The number of nitrogens with zero attached hydrogens (tertiary/aromatic N) is 3. The number of thiazole rings is 1. The zero-order valence-corrected chi connectivity index (χ0v) is 9.81. The highest BCUT2D eigenvalue weighted by Gasteiger charge is 2.13. The van der Waals surface area contributed by atoms with E-state index in [1.54, 1.807) is 36.3 Å². The number of nitrogens with one attached hydrogen (secondary N) is 1. The second-order valence-electron chi connectivity index (χ2n) is 3.78. The minimum atomic E-state index is -0.104. The predicted molar refractivity (Wildman–Crippen MR) is 66.6 cm³/mol. The molecule has 86 valence electrons. The highest BCUT2D eigenvalue weighted by Crippen LogP contribution is 2.25. The fourth-order valence-electron chi connectivity index (χ4n) is 1.68. The summed E-state index contributed by atoms with van der Waals surface area (Å²) in [5.41, 5.74) is 8.06. The summed E-state index contributed by atoms with van der Waals surface area (Å²) in [5.74, 6) is 0. The van der Waals surface area contributed by atoms with Gasteiger partial charge in [-0.3, -0.25) is 4.98 Å². The van der Waals surface area contributed by atoms with Crippen LogP contribution in [-0.2, 0) is 6.42 Å². The Hall–Kier alpha value is -1.79. The molecule has 6 heteroatoms. The lowest BCUT2D eigenvalue weighted by Gasteiger charge is -2.05. The lowest BCUT2D eigenvalue weighted by Crippen LogP contribution is -2.13. The fraction of sp³-hybridized carbons (Fsp3) is 0.182. The molecule has 3 aromatic heterocycles. The molecule has 3 N–H and O–H groups in total. The monoisotopic (exact) mass is 245 g/mol. The molecule has 3 aromatic rings. The minimum Gasteiger partial charge on any atom is -0.348 e. The number of H-pyrrole nitrogens is 1. The van der Waals surface area contributed by atoms with Gasteiger partial charge in [0.05, 0.1) is 28.8 Å². The van der Waals surface area contributed by atoms with E-state index in [1.807, 2.05) is 6.07 Å². The number of imidazole rings is 1. The predicted octanol–water partition coefficient (Wildman–Crippen LogP) is 1.66. The fourth-order valence-corrected chi connectivity index (χ4v) is 2.61. The Bertz CT molecular complexity index is 583. The second-order valence-corrected chi connectivity index (χ2v) is 4.85. The van der Waals surface area contributed by atoms with Gasteiger partial charge >= 0.3 is 0 Å². The molecule has 17 heavy (non-hydrogen) atoms. The summed E-state index contributed by atoms with van der Waals surface area (Å²) in [6.07, 6.45) is 7.69. The van der Waals surface area contributed by atoms with Crippen LogP contribution in [0.25, 0.3) is 10.2 Å². The Kier molecular flexibility index (Phi) is 2.58. The first-order chi connectivity index (χ1) is 8.33. The van der Waals surface area contributed by atoms with Crippen LogP contribution >= 0.6 is 11.3 Å². The average Bonchev–Trinajstić information content (AvgIpc) is 2.96. The maximum Gasteiger partial charge on any atom is 0.111 e. The van der Waals surface area contributed by atoms with E-state index in [0.29, 0.717) is 6.42 Å². The maximum absolute atomic E-state index is 6.13. The van der Waals surface area contributed by atoms with Crippen LogP contribution in [0.3, 0.4) is 0 Å². The van der Waals surface area contributed by atoms with Crippen molar-refractivity contribution in [1.82, 2.24) is 19.9 Å². The van der Waals surface area contributed by atoms with Crippen LogP contribution in [0, 0.1) is 0 Å². The van der Waals surface area contributed by atoms with E-state index in [2.05, 4.69) is 19.9 Å². The zero-order chi connectivity index (χ0) is 11.7. The van der Waals surface area contributed by atoms with Crippen molar-refractivity contribution in [1.29, 1.82) is 0 Å². The van der Waals surface area contributed by atoms with Crippen LogP contribution in [0.2, 0.25) is 0 Å². The molecular weight excluding hydrogens is 234 g/mol. The standard InChI is InChI=1S/C11H11N5S/c12-8(3-7-4-14-6-15-7)11-16-9-5-13-2-1-10(9)17-11/h1-2,4-6,8H,3,12H2,(H,14,15). The molecule has 0 amide bonds. The van der Waals surface area contributed by atoms with Crippen molar-refractivity contribution >= 4 is 21.6 Å². The smallest absolute Gasteiger partial charge is 0.111 e. The molecule has 0 aliphatic rings. The zero-order valence-electron chi connectivity index (χ0n) is 9.00. The van der Waals surface area contributed by atoms with Crippen LogP contribution in [0.15, 0.2) is 31.0 Å². The highest BCUT2D eigenvalue weighted by molar-refractivity contribution is 7.18. The number of aromatic nitrogens is 4. The van der Waals surface area contributed by atoms with Crippen LogP contribution in [0.4, 0.5) is 0 Å². The van der Waals surface area contributed by atoms with Gasteiger partial charge < -0.3 is 10.7 Å². The Morgan fingerprint density at radius 3 is 3.06 bits per heavy atom. The van der Waals surface area contributed by atoms with Gasteiger partial charge in [-0.1, -0.05) is 0 Å². The lowest BCUT2D eigenvalue weighted by molar-refractivity contribution is 0.705. The van der Waals surface area contributed by atoms with Gasteiger partial charge in [0.15, 0.2) is 0 Å². The highest BCUT2D eigenvalue weighted by atomic mass is 32.1. The van der Waals surface area contributed by atoms with Crippen molar-refractivity contribution < 1.29 is 0 Å². The summed E-state index contributed by atoms with van der Waals surface area (Å²) in [5, 5.41) is 0.933. The van der Waals surface area contributed by atoms with Gasteiger partial charge in [0.25, 0.3) is 0 Å². The van der Waals surface area contributed by atoms with E-state index in [-0.39, 0.29) is 6.04 Å². The van der Waals surface area contributed by atoms with Gasteiger partial charge in [-0.25, -0.2) is 9.97 Å². The number of fused-ring (bicyclic) bond motifs is 1. The molecule has 0 radical (unpaired) electrons. The van der Waals surface area contributed by atoms with E-state index in [1.165, 1.54) is 0 Å². The van der Waals surface area contributed by atoms with E-state index >= 15 is 0 Å². The quantitative estimate of drug-likeness (QED) is 0.735. The molecule has 3 rings (SSSR count). The third-order valence-electron chi connectivity index (χ3n) is 2.52. The SMILES string of the molecule is NC(Cc1cnc[nH]1)c1nc2cnccc2s1. The van der Waals surface area contributed by atoms with Crippen molar-refractivity contribution in [2.45, 2.75) is 12.5 Å². The van der Waals surface area contributed by atoms with Gasteiger partial charge in [-0.15, -0.1) is 11.3 Å². The Labute approximate surface area is 102 Å². The molecule has 5 nitrogen and oxygen atoms in total. The number of pyridine rings is 1. The van der Waals surface area contributed by atoms with Gasteiger partial charge in [0.1, 0.15) is 5.01 Å². The number of aromatic amines is 1. The van der Waals surface area contributed by atoms with Crippen molar-refractivity contribution in [3.05, 3.63) is 41.7 Å². The first-order valence-electron chi connectivity index (χ1n) is 5.26. The molecule has 0 fully saturated rings. The number of hydrogen-bond acceptors (Lipinski definition) is 5. The van der Waals surface area contributed by atoms with Gasteiger partial charge in [0, 0.05) is 24.5 Å². The summed E-state index contributed by atoms with van der Waals surface area (Å²) in [4.78, 5) is 15.6. The third kappa shape index (κ3) is 2.04. The summed E-state index contributed by atoms with van der Waals surface area (Å²) in [7, 11) is 0. The summed E-state index contributed by atoms with van der Waals surface area (Å²) in [6, 6.07) is 1.85. The molecule has 1 atom stereocenters. The molecular formula is C11H11N5S. The van der Waals surface area contributed by atoms with Crippen molar-refractivity contribution in [2.24, 2.45) is 5.73 Å². The summed E-state index contributed by atoms with van der Waals surface area (Å²) >= 11 is 1.62. The molecule has 0 saturated heterocycles. The number of rotatable bonds is 3. The first-order valence-corrected chi connectivity index (χ1v) is 6.08. The molecule has 0 bridgehead atoms. The topological polar surface area (TPSA) is 80.5 Å². The molecule has 0 aromatic carbocycles. The van der Waals surface area contributed by atoms with Crippen LogP contribution in [-0.4, -0.2) is 19.9 Å². The first kappa shape index (κ1) is 10.4. The molecule has 0 aliphatic carbocycles. The molecule has 1 unspecified atom stereocenters. The van der Waals surface area contributed by atoms with Crippen LogP contribution in [0.5, 0.6) is 0 Å². The lowest BCUT2D eigenvalue weighted by atomic mass is 10.2. The molecule has 0 spiro atoms. The molecule has 0 saturated carbocycles. The Morgan fingerprint density at radius 2 is 2.29 bits per heavy atom. The minimum absolute atomic E-state index is 0.104. The molecule has 3 heterocycles. The normalized spacial score (nSPS) is 13.0. The van der Waals surface area contributed by atoms with E-state index in [4.69, 9.17) is 5.73 Å². The van der Waals surface area contributed by atoms with Crippen molar-refractivity contribution in [3.8, 4) is 0 Å². The number of hydrogen-bond donors (Lipinski definition) is 2. The summed E-state index contributed by atoms with van der Waals surface area (Å²) < 4.78 is 1.12. The summed E-state index contributed by atoms with van der Waals surface area (Å²) in [6.45, 7) is 0. The van der Waals surface area contributed by atoms with E-state index < -0.39 is 0 Å². The third-order valence-corrected chi connectivity index (χ3v) is 3.69. The van der Waals surface area contributed by atoms with Gasteiger partial charge in [-0.05, 0) is 6.07 Å².